The normalized spacial score (nSPS) is 24.9. The van der Waals surface area contributed by atoms with Crippen molar-refractivity contribution in [3.8, 4) is 0 Å². The molecule has 2 fully saturated rings. The molecule has 3 rings (SSSR count). The Morgan fingerprint density at radius 3 is 2.70 bits per heavy atom. The molecule has 0 radical (unpaired) electrons. The summed E-state index contributed by atoms with van der Waals surface area (Å²) in [4.78, 5) is 27.5. The molecule has 23 heavy (non-hydrogen) atoms. The summed E-state index contributed by atoms with van der Waals surface area (Å²) in [6.45, 7) is 0. The Bertz CT molecular complexity index is 565. The van der Waals surface area contributed by atoms with Crippen molar-refractivity contribution in [2.45, 2.75) is 69.7 Å². The molecular formula is C16H23N3O4. The quantitative estimate of drug-likeness (QED) is 0.830. The monoisotopic (exact) mass is 321 g/mol. The minimum Gasteiger partial charge on any atom is -0.481 e. The average molecular weight is 321 g/mol. The van der Waals surface area contributed by atoms with E-state index in [0.717, 1.165) is 31.5 Å². The highest BCUT2D eigenvalue weighted by Crippen LogP contribution is 2.32. The maximum absolute atomic E-state index is 12.0. The van der Waals surface area contributed by atoms with E-state index in [-0.39, 0.29) is 18.4 Å². The fourth-order valence-corrected chi connectivity index (χ4v) is 3.65. The molecule has 0 aliphatic heterocycles. The second-order valence-corrected chi connectivity index (χ2v) is 6.58. The highest BCUT2D eigenvalue weighted by Gasteiger charge is 2.33. The summed E-state index contributed by atoms with van der Waals surface area (Å²) in [6, 6.07) is -0.253. The fourth-order valence-electron chi connectivity index (χ4n) is 3.65. The van der Waals surface area contributed by atoms with Gasteiger partial charge in [0.25, 0.3) is 0 Å². The van der Waals surface area contributed by atoms with Crippen LogP contribution in [0.5, 0.6) is 0 Å². The molecule has 1 aromatic rings. The van der Waals surface area contributed by atoms with Crippen molar-refractivity contribution in [3.63, 3.8) is 0 Å². The van der Waals surface area contributed by atoms with E-state index in [1.165, 1.54) is 12.8 Å². The standard InChI is InChI=1S/C16H23N3O4/c20-13(17-12-7-3-6-11(12)16(21)22)8-9-14-18-15(19-23-14)10-4-1-2-5-10/h10-12H,1-9H2,(H,17,20)(H,21,22)/t11-,12+/m1/s1. The number of hydrogen-bond donors (Lipinski definition) is 2. The molecule has 2 atom stereocenters. The van der Waals surface area contributed by atoms with E-state index >= 15 is 0 Å². The van der Waals surface area contributed by atoms with E-state index in [1.54, 1.807) is 0 Å². The third-order valence-electron chi connectivity index (χ3n) is 4.95. The second kappa shape index (κ2) is 7.10. The molecule has 2 N–H and O–H groups in total. The molecule has 1 heterocycles. The Morgan fingerprint density at radius 1 is 1.17 bits per heavy atom. The molecule has 0 spiro atoms. The first-order chi connectivity index (χ1) is 11.1. The fraction of sp³-hybridized carbons (Fsp3) is 0.750. The third-order valence-corrected chi connectivity index (χ3v) is 4.95. The molecule has 0 saturated heterocycles. The molecule has 1 amide bonds. The van der Waals surface area contributed by atoms with E-state index in [9.17, 15) is 9.59 Å². The van der Waals surface area contributed by atoms with Crippen LogP contribution >= 0.6 is 0 Å². The molecule has 0 unspecified atom stereocenters. The minimum absolute atomic E-state index is 0.149. The zero-order valence-corrected chi connectivity index (χ0v) is 13.2. The van der Waals surface area contributed by atoms with Crippen molar-refractivity contribution in [3.05, 3.63) is 11.7 Å². The summed E-state index contributed by atoms with van der Waals surface area (Å²) in [7, 11) is 0. The van der Waals surface area contributed by atoms with Gasteiger partial charge in [0.05, 0.1) is 5.92 Å². The smallest absolute Gasteiger partial charge is 0.308 e. The number of carboxylic acid groups (broad SMARTS) is 1. The summed E-state index contributed by atoms with van der Waals surface area (Å²) in [5.41, 5.74) is 0. The van der Waals surface area contributed by atoms with Gasteiger partial charge in [-0.2, -0.15) is 4.98 Å². The Kier molecular flexibility index (Phi) is 4.93. The summed E-state index contributed by atoms with van der Waals surface area (Å²) >= 11 is 0. The van der Waals surface area contributed by atoms with Crippen molar-refractivity contribution < 1.29 is 19.2 Å². The van der Waals surface area contributed by atoms with Crippen molar-refractivity contribution >= 4 is 11.9 Å². The predicted octanol–water partition coefficient (Wildman–Crippen LogP) is 2.03. The number of nitrogens with one attached hydrogen (secondary N) is 1. The summed E-state index contributed by atoms with van der Waals surface area (Å²) in [6.07, 6.45) is 7.49. The van der Waals surface area contributed by atoms with Crippen LogP contribution in [-0.4, -0.2) is 33.2 Å². The second-order valence-electron chi connectivity index (χ2n) is 6.58. The minimum atomic E-state index is -0.828. The molecule has 1 aromatic heterocycles. The molecule has 2 saturated carbocycles. The number of aromatic nitrogens is 2. The maximum atomic E-state index is 12.0. The molecule has 2 aliphatic rings. The highest BCUT2D eigenvalue weighted by molar-refractivity contribution is 5.78. The lowest BCUT2D eigenvalue weighted by Crippen LogP contribution is -2.40. The van der Waals surface area contributed by atoms with E-state index in [0.29, 0.717) is 24.7 Å². The van der Waals surface area contributed by atoms with Gasteiger partial charge in [-0.3, -0.25) is 9.59 Å². The van der Waals surface area contributed by atoms with E-state index in [1.807, 2.05) is 0 Å². The van der Waals surface area contributed by atoms with Crippen molar-refractivity contribution in [2.75, 3.05) is 0 Å². The van der Waals surface area contributed by atoms with Crippen molar-refractivity contribution in [2.24, 2.45) is 5.92 Å². The zero-order chi connectivity index (χ0) is 16.2. The summed E-state index contributed by atoms with van der Waals surface area (Å²) in [5, 5.41) is 16.0. The third kappa shape index (κ3) is 3.89. The lowest BCUT2D eigenvalue weighted by Gasteiger charge is -2.17. The first kappa shape index (κ1) is 16.0. The van der Waals surface area contributed by atoms with Crippen LogP contribution in [0.1, 0.15) is 69.0 Å². The number of nitrogens with zero attached hydrogens (tertiary/aromatic N) is 2. The lowest BCUT2D eigenvalue weighted by molar-refractivity contribution is -0.142. The van der Waals surface area contributed by atoms with E-state index < -0.39 is 11.9 Å². The van der Waals surface area contributed by atoms with Crippen LogP contribution < -0.4 is 5.32 Å². The summed E-state index contributed by atoms with van der Waals surface area (Å²) < 4.78 is 5.22. The first-order valence-electron chi connectivity index (χ1n) is 8.48. The molecule has 7 nitrogen and oxygen atoms in total. The van der Waals surface area contributed by atoms with Crippen LogP contribution in [0.15, 0.2) is 4.52 Å². The van der Waals surface area contributed by atoms with Crippen LogP contribution in [0.2, 0.25) is 0 Å². The average Bonchev–Trinajstić information content (AvgIpc) is 3.25. The van der Waals surface area contributed by atoms with Crippen molar-refractivity contribution in [1.82, 2.24) is 15.5 Å². The van der Waals surface area contributed by atoms with Gasteiger partial charge < -0.3 is 14.9 Å². The van der Waals surface area contributed by atoms with Gasteiger partial charge in [0, 0.05) is 24.8 Å². The van der Waals surface area contributed by atoms with Crippen LogP contribution in [-0.2, 0) is 16.0 Å². The Morgan fingerprint density at radius 2 is 1.96 bits per heavy atom. The predicted molar refractivity (Wildman–Crippen MR) is 80.7 cm³/mol. The number of aliphatic carboxylic acids is 1. The molecule has 126 valence electrons. The largest absolute Gasteiger partial charge is 0.481 e. The number of hydrogen-bond acceptors (Lipinski definition) is 5. The molecule has 0 bridgehead atoms. The van der Waals surface area contributed by atoms with Gasteiger partial charge in [-0.1, -0.05) is 24.4 Å². The van der Waals surface area contributed by atoms with Crippen LogP contribution in [0.4, 0.5) is 0 Å². The first-order valence-corrected chi connectivity index (χ1v) is 8.48. The van der Waals surface area contributed by atoms with Crippen LogP contribution in [0, 0.1) is 5.92 Å². The number of carbonyl (C=O) groups excluding carboxylic acids is 1. The van der Waals surface area contributed by atoms with Crippen LogP contribution in [0.25, 0.3) is 0 Å². The topological polar surface area (TPSA) is 105 Å². The van der Waals surface area contributed by atoms with Crippen LogP contribution in [0.3, 0.4) is 0 Å². The Hall–Kier alpha value is -1.92. The number of aryl methyl sites for hydroxylation is 1. The lowest BCUT2D eigenvalue weighted by atomic mass is 10.0. The highest BCUT2D eigenvalue weighted by atomic mass is 16.5. The van der Waals surface area contributed by atoms with E-state index in [4.69, 9.17) is 9.63 Å². The maximum Gasteiger partial charge on any atom is 0.308 e. The van der Waals surface area contributed by atoms with Gasteiger partial charge in [-0.25, -0.2) is 0 Å². The molecular weight excluding hydrogens is 298 g/mol. The molecule has 2 aliphatic carbocycles. The zero-order valence-electron chi connectivity index (χ0n) is 13.2. The Labute approximate surface area is 134 Å². The van der Waals surface area contributed by atoms with Gasteiger partial charge in [-0.05, 0) is 25.7 Å². The molecule has 0 aromatic carbocycles. The number of amides is 1. The van der Waals surface area contributed by atoms with Gasteiger partial charge in [0.15, 0.2) is 5.82 Å². The van der Waals surface area contributed by atoms with Gasteiger partial charge in [0.2, 0.25) is 11.8 Å². The van der Waals surface area contributed by atoms with Gasteiger partial charge >= 0.3 is 5.97 Å². The number of rotatable bonds is 6. The number of carbonyl (C=O) groups is 2. The van der Waals surface area contributed by atoms with Gasteiger partial charge in [-0.15, -0.1) is 0 Å². The summed E-state index contributed by atoms with van der Waals surface area (Å²) in [5.74, 6) is 0.213. The SMILES string of the molecule is O=C(CCc1nc(C2CCCC2)no1)N[C@H]1CCC[C@H]1C(=O)O. The Balaban J connectivity index is 1.46. The van der Waals surface area contributed by atoms with E-state index in [2.05, 4.69) is 15.5 Å². The molecule has 7 heteroatoms. The van der Waals surface area contributed by atoms with Crippen molar-refractivity contribution in [1.29, 1.82) is 0 Å². The number of carboxylic acids is 1. The van der Waals surface area contributed by atoms with Gasteiger partial charge in [0.1, 0.15) is 0 Å².